The fraction of sp³-hybridized carbons (Fsp3) is 0.652. The molecular formula is C23H34N2O4. The molecule has 0 aliphatic heterocycles. The van der Waals surface area contributed by atoms with Crippen LogP contribution in [0.1, 0.15) is 82.2 Å². The summed E-state index contributed by atoms with van der Waals surface area (Å²) in [6, 6.07) is 0. The second kappa shape index (κ2) is 10.2. The van der Waals surface area contributed by atoms with E-state index < -0.39 is 18.1 Å². The number of aromatic nitrogens is 2. The largest absolute Gasteiger partial charge is 0.351 e. The van der Waals surface area contributed by atoms with E-state index >= 15 is 0 Å². The summed E-state index contributed by atoms with van der Waals surface area (Å²) in [5, 5.41) is 0. The number of hydrogen-bond acceptors (Lipinski definition) is 4. The summed E-state index contributed by atoms with van der Waals surface area (Å²) in [6.07, 6.45) is 14.2. The van der Waals surface area contributed by atoms with Gasteiger partial charge in [-0.25, -0.2) is 9.36 Å². The molecule has 1 aromatic heterocycles. The molecule has 0 amide bonds. The van der Waals surface area contributed by atoms with Crippen LogP contribution in [-0.4, -0.2) is 21.3 Å². The third kappa shape index (κ3) is 5.17. The molecule has 2 saturated carbocycles. The third-order valence-corrected chi connectivity index (χ3v) is 6.02. The molecule has 0 N–H and O–H groups in total. The van der Waals surface area contributed by atoms with Crippen LogP contribution in [0.15, 0.2) is 41.1 Å². The Morgan fingerprint density at radius 2 is 1.38 bits per heavy atom. The molecule has 0 saturated heterocycles. The Morgan fingerprint density at radius 1 is 0.897 bits per heavy atom. The van der Waals surface area contributed by atoms with E-state index in [9.17, 15) is 9.59 Å². The maximum atomic E-state index is 13.3. The van der Waals surface area contributed by atoms with Gasteiger partial charge in [-0.15, -0.1) is 0 Å². The zero-order valence-electron chi connectivity index (χ0n) is 17.6. The average molecular weight is 403 g/mol. The highest BCUT2D eigenvalue weighted by atomic mass is 16.5. The van der Waals surface area contributed by atoms with Gasteiger partial charge in [-0.1, -0.05) is 51.7 Å². The predicted molar refractivity (Wildman–Crippen MR) is 114 cm³/mol. The van der Waals surface area contributed by atoms with Crippen molar-refractivity contribution in [1.29, 1.82) is 0 Å². The molecule has 2 atom stereocenters. The first-order valence-electron chi connectivity index (χ1n) is 11.0. The van der Waals surface area contributed by atoms with Crippen LogP contribution in [0.3, 0.4) is 0 Å². The monoisotopic (exact) mass is 402 g/mol. The molecule has 2 unspecified atom stereocenters. The SMILES string of the molecule is C=CC(OC1CCCCC1)n1cc(C)c(=O)n(C(C=C)OC2CCCCC2)c1=O. The minimum Gasteiger partial charge on any atom is -0.351 e. The molecule has 160 valence electrons. The molecule has 1 heterocycles. The fourth-order valence-corrected chi connectivity index (χ4v) is 4.38. The predicted octanol–water partition coefficient (Wildman–Crippen LogP) is 4.39. The van der Waals surface area contributed by atoms with E-state index in [4.69, 9.17) is 9.47 Å². The Morgan fingerprint density at radius 3 is 1.86 bits per heavy atom. The number of rotatable bonds is 8. The van der Waals surface area contributed by atoms with E-state index in [0.29, 0.717) is 5.56 Å². The highest BCUT2D eigenvalue weighted by molar-refractivity contribution is 5.06. The van der Waals surface area contributed by atoms with Crippen LogP contribution in [0.4, 0.5) is 0 Å². The number of hydrogen-bond donors (Lipinski definition) is 0. The molecular weight excluding hydrogens is 368 g/mol. The van der Waals surface area contributed by atoms with Crippen molar-refractivity contribution in [2.45, 2.75) is 95.8 Å². The Balaban J connectivity index is 1.91. The lowest BCUT2D eigenvalue weighted by atomic mass is 9.98. The van der Waals surface area contributed by atoms with E-state index in [1.165, 1.54) is 23.5 Å². The molecule has 0 radical (unpaired) electrons. The van der Waals surface area contributed by atoms with Crippen molar-refractivity contribution in [3.8, 4) is 0 Å². The van der Waals surface area contributed by atoms with Gasteiger partial charge in [0.15, 0.2) is 12.5 Å². The van der Waals surface area contributed by atoms with E-state index in [0.717, 1.165) is 55.9 Å². The van der Waals surface area contributed by atoms with Crippen LogP contribution < -0.4 is 11.2 Å². The average Bonchev–Trinajstić information content (AvgIpc) is 2.75. The molecule has 2 aliphatic rings. The van der Waals surface area contributed by atoms with Crippen LogP contribution in [0, 0.1) is 6.92 Å². The maximum absolute atomic E-state index is 13.3. The van der Waals surface area contributed by atoms with Gasteiger partial charge in [0.25, 0.3) is 5.56 Å². The molecule has 0 aromatic carbocycles. The van der Waals surface area contributed by atoms with Crippen LogP contribution in [0.2, 0.25) is 0 Å². The van der Waals surface area contributed by atoms with Crippen LogP contribution in [0.5, 0.6) is 0 Å². The summed E-state index contributed by atoms with van der Waals surface area (Å²) in [7, 11) is 0. The maximum Gasteiger partial charge on any atom is 0.335 e. The van der Waals surface area contributed by atoms with Crippen molar-refractivity contribution in [1.82, 2.24) is 9.13 Å². The van der Waals surface area contributed by atoms with Crippen molar-refractivity contribution in [3.63, 3.8) is 0 Å². The highest BCUT2D eigenvalue weighted by Gasteiger charge is 2.25. The van der Waals surface area contributed by atoms with E-state index in [2.05, 4.69) is 13.2 Å². The molecule has 2 fully saturated rings. The van der Waals surface area contributed by atoms with Crippen molar-refractivity contribution in [2.75, 3.05) is 0 Å². The first-order chi connectivity index (χ1) is 14.0. The summed E-state index contributed by atoms with van der Waals surface area (Å²) < 4.78 is 14.9. The second-order valence-electron chi connectivity index (χ2n) is 8.22. The van der Waals surface area contributed by atoms with Gasteiger partial charge in [0.05, 0.1) is 12.2 Å². The zero-order valence-corrected chi connectivity index (χ0v) is 17.6. The number of nitrogens with zero attached hydrogens (tertiary/aromatic N) is 2. The Hall–Kier alpha value is -1.92. The molecule has 6 heteroatoms. The van der Waals surface area contributed by atoms with E-state index in [1.54, 1.807) is 19.2 Å². The Kier molecular flexibility index (Phi) is 7.67. The van der Waals surface area contributed by atoms with Gasteiger partial charge in [0.1, 0.15) is 0 Å². The van der Waals surface area contributed by atoms with Crippen LogP contribution in [-0.2, 0) is 9.47 Å². The zero-order chi connectivity index (χ0) is 20.8. The molecule has 0 spiro atoms. The van der Waals surface area contributed by atoms with Gasteiger partial charge in [-0.2, -0.15) is 0 Å². The molecule has 0 bridgehead atoms. The van der Waals surface area contributed by atoms with Crippen LogP contribution >= 0.6 is 0 Å². The lowest BCUT2D eigenvalue weighted by molar-refractivity contribution is -0.0561. The second-order valence-corrected chi connectivity index (χ2v) is 8.22. The van der Waals surface area contributed by atoms with E-state index in [1.807, 2.05) is 0 Å². The summed E-state index contributed by atoms with van der Waals surface area (Å²) in [4.78, 5) is 26.1. The normalized spacial score (nSPS) is 20.9. The molecule has 3 rings (SSSR count). The van der Waals surface area contributed by atoms with Gasteiger partial charge in [0.2, 0.25) is 0 Å². The molecule has 1 aromatic rings. The Labute approximate surface area is 172 Å². The molecule has 6 nitrogen and oxygen atoms in total. The third-order valence-electron chi connectivity index (χ3n) is 6.02. The molecule has 29 heavy (non-hydrogen) atoms. The van der Waals surface area contributed by atoms with Gasteiger partial charge in [-0.3, -0.25) is 9.36 Å². The Bertz CT molecular complexity index is 813. The van der Waals surface area contributed by atoms with Crippen LogP contribution in [0.25, 0.3) is 0 Å². The lowest BCUT2D eigenvalue weighted by Crippen LogP contribution is -2.45. The minimum absolute atomic E-state index is 0.0423. The van der Waals surface area contributed by atoms with Gasteiger partial charge in [-0.05, 0) is 44.8 Å². The van der Waals surface area contributed by atoms with Crippen molar-refractivity contribution in [2.24, 2.45) is 0 Å². The summed E-state index contributed by atoms with van der Waals surface area (Å²) >= 11 is 0. The summed E-state index contributed by atoms with van der Waals surface area (Å²) in [5.41, 5.74) is -0.350. The highest BCUT2D eigenvalue weighted by Crippen LogP contribution is 2.26. The number of ether oxygens (including phenoxy) is 2. The number of aryl methyl sites for hydroxylation is 1. The molecule has 2 aliphatic carbocycles. The smallest absolute Gasteiger partial charge is 0.335 e. The van der Waals surface area contributed by atoms with Crippen molar-refractivity contribution in [3.05, 3.63) is 57.9 Å². The standard InChI is InChI=1S/C23H34N2O4/c1-4-20(28-18-12-8-6-9-13-18)24-16-17(3)22(26)25(23(24)27)21(5-2)29-19-14-10-7-11-15-19/h4-5,16,18-21H,1-2,6-15H2,3H3. The minimum atomic E-state index is -0.788. The summed E-state index contributed by atoms with van der Waals surface area (Å²) in [5.74, 6) is 0. The fourth-order valence-electron chi connectivity index (χ4n) is 4.38. The lowest BCUT2D eigenvalue weighted by Gasteiger charge is -2.29. The first-order valence-corrected chi connectivity index (χ1v) is 11.0. The first kappa shape index (κ1) is 21.8. The van der Waals surface area contributed by atoms with Crippen molar-refractivity contribution >= 4 is 0 Å². The van der Waals surface area contributed by atoms with Gasteiger partial charge < -0.3 is 9.47 Å². The van der Waals surface area contributed by atoms with Gasteiger partial charge in [0, 0.05) is 11.8 Å². The van der Waals surface area contributed by atoms with Crippen molar-refractivity contribution < 1.29 is 9.47 Å². The van der Waals surface area contributed by atoms with Gasteiger partial charge >= 0.3 is 5.69 Å². The quantitative estimate of drug-likeness (QED) is 0.605. The van der Waals surface area contributed by atoms with E-state index in [-0.39, 0.29) is 17.8 Å². The topological polar surface area (TPSA) is 62.5 Å². The summed E-state index contributed by atoms with van der Waals surface area (Å²) in [6.45, 7) is 9.38.